The first-order valence-electron chi connectivity index (χ1n) is 5.79. The van der Waals surface area contributed by atoms with Crippen LogP contribution in [0.25, 0.3) is 0 Å². The second-order valence-electron chi connectivity index (χ2n) is 5.65. The van der Waals surface area contributed by atoms with Crippen LogP contribution < -0.4 is 0 Å². The SMILES string of the molecule is CC(=O)/C=C/[C@]1(O)[C@H](C)C[C@@H](O)CC1(C)C. The Kier molecular flexibility index (Phi) is 3.60. The van der Waals surface area contributed by atoms with Gasteiger partial charge in [0, 0.05) is 0 Å². The number of rotatable bonds is 2. The molecule has 0 unspecified atom stereocenters. The Morgan fingerprint density at radius 2 is 2.00 bits per heavy atom. The molecule has 16 heavy (non-hydrogen) atoms. The summed E-state index contributed by atoms with van der Waals surface area (Å²) >= 11 is 0. The smallest absolute Gasteiger partial charge is 0.152 e. The zero-order valence-corrected chi connectivity index (χ0v) is 10.5. The van der Waals surface area contributed by atoms with Crippen LogP contribution in [0.15, 0.2) is 12.2 Å². The lowest BCUT2D eigenvalue weighted by molar-refractivity contribution is -0.128. The highest BCUT2D eigenvalue weighted by Crippen LogP contribution is 2.47. The van der Waals surface area contributed by atoms with Crippen LogP contribution in [0.4, 0.5) is 0 Å². The van der Waals surface area contributed by atoms with E-state index in [2.05, 4.69) is 0 Å². The third kappa shape index (κ3) is 2.36. The molecule has 1 saturated carbocycles. The van der Waals surface area contributed by atoms with Gasteiger partial charge in [-0.05, 0) is 43.3 Å². The monoisotopic (exact) mass is 226 g/mol. The first kappa shape index (κ1) is 13.4. The molecule has 1 aliphatic carbocycles. The second-order valence-corrected chi connectivity index (χ2v) is 5.65. The van der Waals surface area contributed by atoms with Gasteiger partial charge in [0.25, 0.3) is 0 Å². The van der Waals surface area contributed by atoms with E-state index in [0.717, 1.165) is 0 Å². The van der Waals surface area contributed by atoms with Crippen molar-refractivity contribution in [1.29, 1.82) is 0 Å². The van der Waals surface area contributed by atoms with Crippen molar-refractivity contribution in [3.63, 3.8) is 0 Å². The van der Waals surface area contributed by atoms with Gasteiger partial charge >= 0.3 is 0 Å². The van der Waals surface area contributed by atoms with E-state index in [-0.39, 0.29) is 17.8 Å². The lowest BCUT2D eigenvalue weighted by atomic mass is 9.60. The largest absolute Gasteiger partial charge is 0.393 e. The van der Waals surface area contributed by atoms with Gasteiger partial charge in [-0.2, -0.15) is 0 Å². The predicted octanol–water partition coefficient (Wildman–Crippen LogP) is 1.68. The molecule has 1 fully saturated rings. The number of carbonyl (C=O) groups excluding carboxylic acids is 1. The topological polar surface area (TPSA) is 57.5 Å². The average molecular weight is 226 g/mol. The summed E-state index contributed by atoms with van der Waals surface area (Å²) in [6.07, 6.45) is 3.79. The number of aliphatic hydroxyl groups is 2. The molecule has 0 aliphatic heterocycles. The van der Waals surface area contributed by atoms with E-state index >= 15 is 0 Å². The van der Waals surface area contributed by atoms with Crippen LogP contribution in [0.3, 0.4) is 0 Å². The molecule has 0 aromatic heterocycles. The van der Waals surface area contributed by atoms with Crippen molar-refractivity contribution in [3.05, 3.63) is 12.2 Å². The van der Waals surface area contributed by atoms with Crippen LogP contribution in [-0.2, 0) is 4.79 Å². The molecule has 0 radical (unpaired) electrons. The van der Waals surface area contributed by atoms with Gasteiger partial charge in [0.15, 0.2) is 5.78 Å². The van der Waals surface area contributed by atoms with Crippen molar-refractivity contribution in [3.8, 4) is 0 Å². The van der Waals surface area contributed by atoms with Gasteiger partial charge in [0.2, 0.25) is 0 Å². The van der Waals surface area contributed by atoms with Gasteiger partial charge in [0.05, 0.1) is 11.7 Å². The minimum Gasteiger partial charge on any atom is -0.393 e. The summed E-state index contributed by atoms with van der Waals surface area (Å²) in [7, 11) is 0. The number of carbonyl (C=O) groups is 1. The van der Waals surface area contributed by atoms with Crippen molar-refractivity contribution < 1.29 is 15.0 Å². The fourth-order valence-corrected chi connectivity index (χ4v) is 2.72. The lowest BCUT2D eigenvalue weighted by Crippen LogP contribution is -2.54. The van der Waals surface area contributed by atoms with Gasteiger partial charge in [-0.3, -0.25) is 4.79 Å². The second kappa shape index (κ2) is 4.30. The molecule has 3 atom stereocenters. The molecule has 0 aromatic carbocycles. The van der Waals surface area contributed by atoms with Crippen LogP contribution in [0.2, 0.25) is 0 Å². The third-order valence-corrected chi connectivity index (χ3v) is 3.78. The van der Waals surface area contributed by atoms with Crippen molar-refractivity contribution in [2.24, 2.45) is 11.3 Å². The van der Waals surface area contributed by atoms with Crippen LogP contribution in [0.5, 0.6) is 0 Å². The molecular weight excluding hydrogens is 204 g/mol. The van der Waals surface area contributed by atoms with E-state index in [1.807, 2.05) is 20.8 Å². The van der Waals surface area contributed by atoms with Crippen LogP contribution in [0, 0.1) is 11.3 Å². The summed E-state index contributed by atoms with van der Waals surface area (Å²) in [5.41, 5.74) is -1.44. The van der Waals surface area contributed by atoms with Gasteiger partial charge in [-0.15, -0.1) is 0 Å². The van der Waals surface area contributed by atoms with Crippen LogP contribution >= 0.6 is 0 Å². The number of hydrogen-bond donors (Lipinski definition) is 2. The van der Waals surface area contributed by atoms with E-state index < -0.39 is 11.0 Å². The molecule has 0 saturated heterocycles. The normalized spacial score (nSPS) is 38.9. The van der Waals surface area contributed by atoms with E-state index in [1.54, 1.807) is 6.08 Å². The number of hydrogen-bond acceptors (Lipinski definition) is 3. The molecule has 92 valence electrons. The van der Waals surface area contributed by atoms with Gasteiger partial charge in [-0.25, -0.2) is 0 Å². The Labute approximate surface area is 97.2 Å². The van der Waals surface area contributed by atoms with Crippen LogP contribution in [-0.4, -0.2) is 27.7 Å². The molecule has 3 nitrogen and oxygen atoms in total. The van der Waals surface area contributed by atoms with Crippen LogP contribution in [0.1, 0.15) is 40.5 Å². The maximum Gasteiger partial charge on any atom is 0.152 e. The Balaban J connectivity index is 3.02. The van der Waals surface area contributed by atoms with Crippen molar-refractivity contribution in [1.82, 2.24) is 0 Å². The number of allylic oxidation sites excluding steroid dienone is 1. The van der Waals surface area contributed by atoms with Gasteiger partial charge in [0.1, 0.15) is 0 Å². The molecule has 1 rings (SSSR count). The van der Waals surface area contributed by atoms with Gasteiger partial charge in [-0.1, -0.05) is 20.8 Å². The number of aliphatic hydroxyl groups excluding tert-OH is 1. The van der Waals surface area contributed by atoms with E-state index in [9.17, 15) is 15.0 Å². The first-order valence-corrected chi connectivity index (χ1v) is 5.79. The molecular formula is C13H22O3. The molecule has 1 aliphatic rings. The van der Waals surface area contributed by atoms with E-state index in [1.165, 1.54) is 13.0 Å². The highest BCUT2D eigenvalue weighted by atomic mass is 16.3. The fourth-order valence-electron chi connectivity index (χ4n) is 2.72. The standard InChI is InChI=1S/C13H22O3/c1-9-7-11(15)8-12(3,4)13(9,16)6-5-10(2)14/h5-6,9,11,15-16H,7-8H2,1-4H3/b6-5+/t9-,11-,13+/m1/s1. The summed E-state index contributed by atoms with van der Waals surface area (Å²) in [5, 5.41) is 20.4. The zero-order valence-electron chi connectivity index (χ0n) is 10.5. The fraction of sp³-hybridized carbons (Fsp3) is 0.769. The highest BCUT2D eigenvalue weighted by molar-refractivity contribution is 5.87. The quantitative estimate of drug-likeness (QED) is 0.704. The maximum absolute atomic E-state index is 11.0. The van der Waals surface area contributed by atoms with E-state index in [4.69, 9.17) is 0 Å². The molecule has 0 aromatic rings. The molecule has 0 heterocycles. The maximum atomic E-state index is 11.0. The third-order valence-electron chi connectivity index (χ3n) is 3.78. The minimum atomic E-state index is -1.02. The molecule has 0 amide bonds. The van der Waals surface area contributed by atoms with Crippen molar-refractivity contribution in [2.45, 2.75) is 52.2 Å². The average Bonchev–Trinajstić information content (AvgIpc) is 2.10. The van der Waals surface area contributed by atoms with Crippen molar-refractivity contribution in [2.75, 3.05) is 0 Å². The van der Waals surface area contributed by atoms with Crippen molar-refractivity contribution >= 4 is 5.78 Å². The Morgan fingerprint density at radius 1 is 1.44 bits per heavy atom. The summed E-state index contributed by atoms with van der Waals surface area (Å²) in [5.74, 6) is -0.121. The molecule has 0 bridgehead atoms. The van der Waals surface area contributed by atoms with E-state index in [0.29, 0.717) is 12.8 Å². The molecule has 3 heteroatoms. The summed E-state index contributed by atoms with van der Waals surface area (Å²) in [6.45, 7) is 7.23. The summed E-state index contributed by atoms with van der Waals surface area (Å²) in [6, 6.07) is 0. The lowest BCUT2D eigenvalue weighted by Gasteiger charge is -2.50. The highest BCUT2D eigenvalue weighted by Gasteiger charge is 2.50. The first-order chi connectivity index (χ1) is 7.19. The van der Waals surface area contributed by atoms with Gasteiger partial charge < -0.3 is 10.2 Å². The summed E-state index contributed by atoms with van der Waals surface area (Å²) < 4.78 is 0. The molecule has 0 spiro atoms. The minimum absolute atomic E-state index is 0.0538. The Bertz CT molecular complexity index is 306. The predicted molar refractivity (Wildman–Crippen MR) is 63.0 cm³/mol. The summed E-state index contributed by atoms with van der Waals surface area (Å²) in [4.78, 5) is 11.0. The zero-order chi connectivity index (χ0) is 12.6. The molecule has 2 N–H and O–H groups in total. The Morgan fingerprint density at radius 3 is 2.44 bits per heavy atom. The number of ketones is 1. The Hall–Kier alpha value is -0.670.